The monoisotopic (exact) mass is 451 g/mol. The topological polar surface area (TPSA) is 57.6 Å². The number of aliphatic carboxylic acids is 1. The Balaban J connectivity index is 1.85. The van der Waals surface area contributed by atoms with Crippen LogP contribution in [0.3, 0.4) is 0 Å². The van der Waals surface area contributed by atoms with Crippen LogP contribution in [0.2, 0.25) is 0 Å². The number of nitrogens with zero attached hydrogens (tertiary/aromatic N) is 1. The van der Waals surface area contributed by atoms with Gasteiger partial charge in [0.25, 0.3) is 0 Å². The van der Waals surface area contributed by atoms with Gasteiger partial charge in [-0.3, -0.25) is 14.5 Å². The van der Waals surface area contributed by atoms with Gasteiger partial charge in [-0.15, -0.1) is 0 Å². The van der Waals surface area contributed by atoms with Crippen molar-refractivity contribution in [2.75, 3.05) is 0 Å². The van der Waals surface area contributed by atoms with Crippen LogP contribution in [0.4, 0.5) is 0 Å². The normalized spacial score (nSPS) is 11.9. The zero-order valence-electron chi connectivity index (χ0n) is 15.9. The van der Waals surface area contributed by atoms with E-state index in [9.17, 15) is 14.7 Å². The highest BCUT2D eigenvalue weighted by atomic mass is 79.9. The molecule has 0 bridgehead atoms. The Morgan fingerprint density at radius 1 is 0.793 bits per heavy atom. The van der Waals surface area contributed by atoms with Gasteiger partial charge in [-0.2, -0.15) is 0 Å². The summed E-state index contributed by atoms with van der Waals surface area (Å²) < 4.78 is 0.874. The van der Waals surface area contributed by atoms with E-state index in [2.05, 4.69) is 15.9 Å². The molecule has 0 heterocycles. The lowest BCUT2D eigenvalue weighted by Gasteiger charge is -2.29. The molecule has 148 valence electrons. The van der Waals surface area contributed by atoms with E-state index >= 15 is 0 Å². The average molecular weight is 452 g/mol. The molecule has 3 aromatic rings. The molecule has 0 amide bonds. The van der Waals surface area contributed by atoms with E-state index in [1.165, 1.54) is 0 Å². The summed E-state index contributed by atoms with van der Waals surface area (Å²) in [4.78, 5) is 26.8. The molecular weight excluding hydrogens is 430 g/mol. The van der Waals surface area contributed by atoms with Crippen molar-refractivity contribution >= 4 is 27.7 Å². The maximum Gasteiger partial charge on any atom is 0.321 e. The zero-order valence-corrected chi connectivity index (χ0v) is 17.5. The first-order valence-corrected chi connectivity index (χ1v) is 10.2. The molecule has 1 atom stereocenters. The van der Waals surface area contributed by atoms with Gasteiger partial charge >= 0.3 is 5.97 Å². The molecule has 3 aromatic carbocycles. The quantitative estimate of drug-likeness (QED) is 0.455. The van der Waals surface area contributed by atoms with Gasteiger partial charge in [0.1, 0.15) is 6.04 Å². The van der Waals surface area contributed by atoms with Gasteiger partial charge in [0.05, 0.1) is 0 Å². The van der Waals surface area contributed by atoms with Crippen LogP contribution in [0, 0.1) is 0 Å². The Hall–Kier alpha value is -2.76. The molecular formula is C24H22BrNO3. The summed E-state index contributed by atoms with van der Waals surface area (Å²) in [5.74, 6) is -1.18. The van der Waals surface area contributed by atoms with E-state index in [0.717, 1.165) is 15.6 Å². The van der Waals surface area contributed by atoms with Crippen LogP contribution in [0.25, 0.3) is 0 Å². The molecule has 0 radical (unpaired) electrons. The van der Waals surface area contributed by atoms with Crippen LogP contribution in [0.5, 0.6) is 0 Å². The minimum atomic E-state index is -0.998. The van der Waals surface area contributed by atoms with Crippen LogP contribution < -0.4 is 0 Å². The number of Topliss-reactive ketones (excluding diaryl/α,β-unsaturated/α-hetero) is 1. The van der Waals surface area contributed by atoms with Crippen molar-refractivity contribution < 1.29 is 14.7 Å². The molecule has 1 unspecified atom stereocenters. The lowest BCUT2D eigenvalue weighted by molar-refractivity contribution is -0.143. The first-order valence-electron chi connectivity index (χ1n) is 9.36. The van der Waals surface area contributed by atoms with Crippen LogP contribution in [0.1, 0.15) is 27.9 Å². The van der Waals surface area contributed by atoms with Crippen LogP contribution in [-0.4, -0.2) is 27.8 Å². The summed E-state index contributed by atoms with van der Waals surface area (Å²) in [6.45, 7) is 0.890. The summed E-state index contributed by atoms with van der Waals surface area (Å²) >= 11 is 3.35. The first kappa shape index (κ1) is 21.0. The van der Waals surface area contributed by atoms with E-state index in [-0.39, 0.29) is 12.2 Å². The molecule has 5 heteroatoms. The van der Waals surface area contributed by atoms with E-state index < -0.39 is 12.0 Å². The smallest absolute Gasteiger partial charge is 0.321 e. The van der Waals surface area contributed by atoms with Crippen molar-refractivity contribution in [3.8, 4) is 0 Å². The van der Waals surface area contributed by atoms with Crippen molar-refractivity contribution in [2.45, 2.75) is 25.6 Å². The van der Waals surface area contributed by atoms with Crippen LogP contribution in [0.15, 0.2) is 89.4 Å². The molecule has 0 saturated carbocycles. The Morgan fingerprint density at radius 2 is 1.28 bits per heavy atom. The Bertz CT molecular complexity index is 901. The summed E-state index contributed by atoms with van der Waals surface area (Å²) in [5, 5.41) is 9.94. The molecule has 0 aliphatic carbocycles. The Labute approximate surface area is 178 Å². The number of carbonyl (C=O) groups is 2. The maximum atomic E-state index is 12.8. The van der Waals surface area contributed by atoms with Gasteiger partial charge in [0.15, 0.2) is 5.78 Å². The van der Waals surface area contributed by atoms with Crippen LogP contribution in [-0.2, 0) is 17.9 Å². The second kappa shape index (κ2) is 10.1. The van der Waals surface area contributed by atoms with Gasteiger partial charge in [0.2, 0.25) is 0 Å². The Morgan fingerprint density at radius 3 is 1.72 bits per heavy atom. The van der Waals surface area contributed by atoms with Crippen LogP contribution >= 0.6 is 15.9 Å². The molecule has 29 heavy (non-hydrogen) atoms. The number of carboxylic acid groups (broad SMARTS) is 1. The number of rotatable bonds is 9. The molecule has 0 fully saturated rings. The number of benzene rings is 3. The summed E-state index contributed by atoms with van der Waals surface area (Å²) in [6, 6.07) is 25.5. The molecule has 0 aliphatic rings. The van der Waals surface area contributed by atoms with Crippen molar-refractivity contribution in [1.82, 2.24) is 4.90 Å². The van der Waals surface area contributed by atoms with Crippen molar-refractivity contribution in [2.24, 2.45) is 0 Å². The Kier molecular flexibility index (Phi) is 7.33. The number of ketones is 1. The molecule has 0 aliphatic heterocycles. The third kappa shape index (κ3) is 6.11. The largest absolute Gasteiger partial charge is 0.480 e. The highest BCUT2D eigenvalue weighted by Crippen LogP contribution is 2.19. The van der Waals surface area contributed by atoms with Crippen molar-refractivity contribution in [3.05, 3.63) is 106 Å². The molecule has 1 N–H and O–H groups in total. The standard InChI is InChI=1S/C24H22BrNO3/c25-21-13-11-20(12-14-21)23(27)15-22(24(28)29)26(16-18-7-3-1-4-8-18)17-19-9-5-2-6-10-19/h1-14,22H,15-17H2,(H,28,29). The van der Waals surface area contributed by atoms with E-state index in [1.807, 2.05) is 65.6 Å². The fourth-order valence-electron chi connectivity index (χ4n) is 3.21. The summed E-state index contributed by atoms with van der Waals surface area (Å²) in [5.41, 5.74) is 2.52. The fraction of sp³-hybridized carbons (Fsp3) is 0.167. The number of carboxylic acids is 1. The third-order valence-electron chi connectivity index (χ3n) is 4.73. The van der Waals surface area contributed by atoms with Gasteiger partial charge in [-0.1, -0.05) is 88.7 Å². The van der Waals surface area contributed by atoms with E-state index in [0.29, 0.717) is 18.7 Å². The SMILES string of the molecule is O=C(CC(C(=O)O)N(Cc1ccccc1)Cc1ccccc1)c1ccc(Br)cc1. The predicted octanol–water partition coefficient (Wildman–Crippen LogP) is 5.18. The maximum absolute atomic E-state index is 12.8. The second-order valence-corrected chi connectivity index (χ2v) is 7.78. The fourth-order valence-corrected chi connectivity index (χ4v) is 3.48. The van der Waals surface area contributed by atoms with Crippen molar-refractivity contribution in [1.29, 1.82) is 0 Å². The molecule has 4 nitrogen and oxygen atoms in total. The number of hydrogen-bond acceptors (Lipinski definition) is 3. The minimum absolute atomic E-state index is 0.0867. The van der Waals surface area contributed by atoms with Gasteiger partial charge in [-0.05, 0) is 23.3 Å². The first-order chi connectivity index (χ1) is 14.0. The molecule has 0 spiro atoms. The number of halogens is 1. The number of carbonyl (C=O) groups excluding carboxylic acids is 1. The van der Waals surface area contributed by atoms with E-state index in [4.69, 9.17) is 0 Å². The summed E-state index contributed by atoms with van der Waals surface area (Å²) in [6.07, 6.45) is -0.0867. The van der Waals surface area contributed by atoms with Crippen molar-refractivity contribution in [3.63, 3.8) is 0 Å². The van der Waals surface area contributed by atoms with Gasteiger partial charge in [0, 0.05) is 29.5 Å². The molecule has 0 saturated heterocycles. The predicted molar refractivity (Wildman–Crippen MR) is 117 cm³/mol. The lowest BCUT2D eigenvalue weighted by Crippen LogP contribution is -2.41. The van der Waals surface area contributed by atoms with Gasteiger partial charge in [-0.25, -0.2) is 0 Å². The summed E-state index contributed by atoms with van der Waals surface area (Å²) in [7, 11) is 0. The zero-order chi connectivity index (χ0) is 20.6. The van der Waals surface area contributed by atoms with E-state index in [1.54, 1.807) is 24.3 Å². The average Bonchev–Trinajstić information content (AvgIpc) is 2.73. The van der Waals surface area contributed by atoms with Gasteiger partial charge < -0.3 is 5.11 Å². The highest BCUT2D eigenvalue weighted by Gasteiger charge is 2.29. The minimum Gasteiger partial charge on any atom is -0.480 e. The number of hydrogen-bond donors (Lipinski definition) is 1. The second-order valence-electron chi connectivity index (χ2n) is 6.86. The highest BCUT2D eigenvalue weighted by molar-refractivity contribution is 9.10. The molecule has 3 rings (SSSR count). The molecule has 0 aromatic heterocycles. The third-order valence-corrected chi connectivity index (χ3v) is 5.26. The lowest BCUT2D eigenvalue weighted by atomic mass is 10.0.